The Hall–Kier alpha value is -1.24. The topological polar surface area (TPSA) is 28.4 Å². The average molecular weight is 262 g/mol. The van der Waals surface area contributed by atoms with E-state index in [9.17, 15) is 0 Å². The lowest BCUT2D eigenvalue weighted by Gasteiger charge is -2.16. The predicted octanol–water partition coefficient (Wildman–Crippen LogP) is 2.93. The summed E-state index contributed by atoms with van der Waals surface area (Å²) in [5.74, 6) is 4.76. The van der Waals surface area contributed by atoms with Crippen molar-refractivity contribution in [2.75, 3.05) is 19.6 Å². The fourth-order valence-corrected chi connectivity index (χ4v) is 2.10. The van der Waals surface area contributed by atoms with Crippen LogP contribution in [0.4, 0.5) is 0 Å². The highest BCUT2D eigenvalue weighted by atomic mass is 16.3. The van der Waals surface area contributed by atoms with Crippen LogP contribution in [-0.4, -0.2) is 24.5 Å². The van der Waals surface area contributed by atoms with Crippen molar-refractivity contribution in [3.63, 3.8) is 0 Å². The molecule has 0 saturated heterocycles. The van der Waals surface area contributed by atoms with Crippen LogP contribution < -0.4 is 5.32 Å². The van der Waals surface area contributed by atoms with Gasteiger partial charge in [0.05, 0.1) is 19.6 Å². The van der Waals surface area contributed by atoms with Gasteiger partial charge in [0, 0.05) is 0 Å². The number of nitrogens with zero attached hydrogens (tertiary/aromatic N) is 1. The lowest BCUT2D eigenvalue weighted by Crippen LogP contribution is -2.24. The van der Waals surface area contributed by atoms with E-state index in [2.05, 4.69) is 43.0 Å². The summed E-state index contributed by atoms with van der Waals surface area (Å²) < 4.78 is 5.91. The minimum Gasteiger partial charge on any atom is -0.463 e. The second-order valence-electron chi connectivity index (χ2n) is 4.91. The van der Waals surface area contributed by atoms with E-state index in [-0.39, 0.29) is 0 Å². The van der Waals surface area contributed by atoms with Crippen molar-refractivity contribution in [2.24, 2.45) is 0 Å². The molecule has 1 aromatic rings. The molecule has 1 N–H and O–H groups in total. The predicted molar refractivity (Wildman–Crippen MR) is 79.8 cm³/mol. The third kappa shape index (κ3) is 5.50. The highest BCUT2D eigenvalue weighted by Crippen LogP contribution is 2.16. The lowest BCUT2D eigenvalue weighted by atomic mass is 10.2. The highest BCUT2D eigenvalue weighted by Gasteiger charge is 2.10. The summed E-state index contributed by atoms with van der Waals surface area (Å²) in [6.45, 7) is 10.7. The van der Waals surface area contributed by atoms with Crippen molar-refractivity contribution in [3.8, 4) is 12.3 Å². The third-order valence-corrected chi connectivity index (χ3v) is 3.02. The molecular formula is C16H26N2O. The molecule has 0 radical (unpaired) electrons. The Kier molecular flexibility index (Phi) is 7.32. The van der Waals surface area contributed by atoms with Gasteiger partial charge in [-0.15, -0.1) is 6.42 Å². The first-order valence-electron chi connectivity index (χ1n) is 7.15. The van der Waals surface area contributed by atoms with Gasteiger partial charge in [-0.1, -0.05) is 19.8 Å². The van der Waals surface area contributed by atoms with Gasteiger partial charge >= 0.3 is 0 Å². The smallest absolute Gasteiger partial charge is 0.120 e. The molecule has 0 amide bonds. The zero-order valence-corrected chi connectivity index (χ0v) is 12.5. The summed E-state index contributed by atoms with van der Waals surface area (Å²) in [6, 6.07) is 2.13. The molecule has 0 aliphatic rings. The van der Waals surface area contributed by atoms with Crippen molar-refractivity contribution in [1.29, 1.82) is 0 Å². The summed E-state index contributed by atoms with van der Waals surface area (Å²) >= 11 is 0. The molecule has 3 heteroatoms. The quantitative estimate of drug-likeness (QED) is 0.548. The molecule has 0 spiro atoms. The monoisotopic (exact) mass is 262 g/mol. The van der Waals surface area contributed by atoms with Gasteiger partial charge < -0.3 is 9.73 Å². The van der Waals surface area contributed by atoms with E-state index in [0.717, 1.165) is 50.5 Å². The van der Waals surface area contributed by atoms with E-state index in [1.807, 2.05) is 0 Å². The normalized spacial score (nSPS) is 10.9. The standard InChI is InChI=1S/C16H26N2O/c1-5-8-17-12-16-14(4)11-15(19-16)13-18(9-6-2)10-7-3/h2,11,17H,5,7-10,12-13H2,1,3-4H3. The molecule has 1 heterocycles. The molecule has 0 aliphatic heterocycles. The number of furan rings is 1. The summed E-state index contributed by atoms with van der Waals surface area (Å²) in [4.78, 5) is 2.24. The minimum atomic E-state index is 0.678. The Morgan fingerprint density at radius 2 is 2.16 bits per heavy atom. The maximum absolute atomic E-state index is 5.91. The summed E-state index contributed by atoms with van der Waals surface area (Å²) in [5, 5.41) is 3.37. The Morgan fingerprint density at radius 3 is 2.79 bits per heavy atom. The molecule has 0 bridgehead atoms. The number of hydrogen-bond donors (Lipinski definition) is 1. The van der Waals surface area contributed by atoms with E-state index in [4.69, 9.17) is 10.8 Å². The molecule has 3 nitrogen and oxygen atoms in total. The lowest BCUT2D eigenvalue weighted by molar-refractivity contribution is 0.268. The van der Waals surface area contributed by atoms with Crippen molar-refractivity contribution in [3.05, 3.63) is 23.2 Å². The Morgan fingerprint density at radius 1 is 1.37 bits per heavy atom. The molecule has 19 heavy (non-hydrogen) atoms. The van der Waals surface area contributed by atoms with Gasteiger partial charge in [-0.3, -0.25) is 4.90 Å². The van der Waals surface area contributed by atoms with Crippen LogP contribution in [0.5, 0.6) is 0 Å². The molecule has 0 fully saturated rings. The van der Waals surface area contributed by atoms with Gasteiger partial charge in [0.2, 0.25) is 0 Å². The first-order chi connectivity index (χ1) is 9.21. The van der Waals surface area contributed by atoms with E-state index in [0.29, 0.717) is 6.54 Å². The van der Waals surface area contributed by atoms with Crippen LogP contribution in [-0.2, 0) is 13.1 Å². The van der Waals surface area contributed by atoms with Gasteiger partial charge in [-0.2, -0.15) is 0 Å². The summed E-state index contributed by atoms with van der Waals surface area (Å²) in [5.41, 5.74) is 1.22. The van der Waals surface area contributed by atoms with Crippen LogP contribution in [0.1, 0.15) is 43.8 Å². The third-order valence-electron chi connectivity index (χ3n) is 3.02. The fraction of sp³-hybridized carbons (Fsp3) is 0.625. The molecule has 0 atom stereocenters. The number of aryl methyl sites for hydroxylation is 1. The van der Waals surface area contributed by atoms with Crippen molar-refractivity contribution in [2.45, 2.75) is 46.7 Å². The first-order valence-corrected chi connectivity index (χ1v) is 7.15. The van der Waals surface area contributed by atoms with E-state index >= 15 is 0 Å². The molecule has 106 valence electrons. The summed E-state index contributed by atoms with van der Waals surface area (Å²) in [7, 11) is 0. The van der Waals surface area contributed by atoms with E-state index < -0.39 is 0 Å². The van der Waals surface area contributed by atoms with Crippen molar-refractivity contribution >= 4 is 0 Å². The number of nitrogens with one attached hydrogen (secondary N) is 1. The van der Waals surface area contributed by atoms with E-state index in [1.54, 1.807) is 0 Å². The Labute approximate surface area is 117 Å². The van der Waals surface area contributed by atoms with Gasteiger partial charge in [0.25, 0.3) is 0 Å². The maximum atomic E-state index is 5.91. The van der Waals surface area contributed by atoms with Gasteiger partial charge in [0.15, 0.2) is 0 Å². The largest absolute Gasteiger partial charge is 0.463 e. The molecule has 0 unspecified atom stereocenters. The molecule has 0 saturated carbocycles. The van der Waals surface area contributed by atoms with E-state index in [1.165, 1.54) is 5.56 Å². The van der Waals surface area contributed by atoms with Crippen LogP contribution >= 0.6 is 0 Å². The number of hydrogen-bond acceptors (Lipinski definition) is 3. The molecule has 0 aliphatic carbocycles. The zero-order chi connectivity index (χ0) is 14.1. The minimum absolute atomic E-state index is 0.678. The molecule has 0 aromatic carbocycles. The highest BCUT2D eigenvalue weighted by molar-refractivity contribution is 5.20. The Bertz CT molecular complexity index is 403. The van der Waals surface area contributed by atoms with Gasteiger partial charge in [-0.05, 0) is 44.5 Å². The van der Waals surface area contributed by atoms with Crippen molar-refractivity contribution < 1.29 is 4.42 Å². The molecule has 1 rings (SSSR count). The number of rotatable bonds is 9. The SMILES string of the molecule is C#CCN(CCC)Cc1cc(C)c(CNCCC)o1. The second kappa shape index (κ2) is 8.79. The Balaban J connectivity index is 2.58. The zero-order valence-electron chi connectivity index (χ0n) is 12.5. The molecular weight excluding hydrogens is 236 g/mol. The van der Waals surface area contributed by atoms with Crippen molar-refractivity contribution in [1.82, 2.24) is 10.2 Å². The molecule has 1 aromatic heterocycles. The van der Waals surface area contributed by atoms with Crippen LogP contribution in [0.25, 0.3) is 0 Å². The van der Waals surface area contributed by atoms with Crippen LogP contribution in [0.3, 0.4) is 0 Å². The van der Waals surface area contributed by atoms with Gasteiger partial charge in [-0.25, -0.2) is 0 Å². The summed E-state index contributed by atoms with van der Waals surface area (Å²) in [6.07, 6.45) is 7.64. The van der Waals surface area contributed by atoms with Gasteiger partial charge in [0.1, 0.15) is 11.5 Å². The van der Waals surface area contributed by atoms with Crippen LogP contribution in [0.2, 0.25) is 0 Å². The first kappa shape index (κ1) is 15.8. The average Bonchev–Trinajstić information content (AvgIpc) is 2.71. The van der Waals surface area contributed by atoms with Crippen LogP contribution in [0.15, 0.2) is 10.5 Å². The number of terminal acetylenes is 1. The second-order valence-corrected chi connectivity index (χ2v) is 4.91. The van der Waals surface area contributed by atoms with Crippen LogP contribution in [0, 0.1) is 19.3 Å². The fourth-order valence-electron chi connectivity index (χ4n) is 2.10. The maximum Gasteiger partial charge on any atom is 0.120 e.